The lowest BCUT2D eigenvalue weighted by Crippen LogP contribution is -2.25. The van der Waals surface area contributed by atoms with Crippen molar-refractivity contribution in [2.24, 2.45) is 0 Å². The molecule has 0 fully saturated rings. The highest BCUT2D eigenvalue weighted by molar-refractivity contribution is 8.00. The Morgan fingerprint density at radius 2 is 0.693 bits per heavy atom. The van der Waals surface area contributed by atoms with Crippen LogP contribution in [0.1, 0.15) is 311 Å². The number of carbonyl (C=O) groups excluding carboxylic acids is 2. The van der Waals surface area contributed by atoms with Gasteiger partial charge in [-0.2, -0.15) is 0 Å². The van der Waals surface area contributed by atoms with Crippen molar-refractivity contribution in [3.8, 4) is 31.6 Å². The van der Waals surface area contributed by atoms with Crippen LogP contribution in [-0.4, -0.2) is 23.1 Å². The minimum absolute atomic E-state index is 0.135. The first-order valence-corrected chi connectivity index (χ1v) is 51.5. The molecular weight excluding hydrogens is 1680 g/mol. The second-order valence-electron chi connectivity index (χ2n) is 31.4. The van der Waals surface area contributed by atoms with Gasteiger partial charge in [0.25, 0.3) is 11.4 Å². The summed E-state index contributed by atoms with van der Waals surface area (Å²) in [6.07, 6.45) is 41.5. The van der Waals surface area contributed by atoms with Gasteiger partial charge in [0.15, 0.2) is 11.6 Å². The quantitative estimate of drug-likeness (QED) is 0.0126. The van der Waals surface area contributed by atoms with Gasteiger partial charge in [0.1, 0.15) is 0 Å². The third-order valence-corrected chi connectivity index (χ3v) is 38.7. The fourth-order valence-corrected chi connectivity index (χ4v) is 34.2. The molecule has 11 aromatic rings. The molecule has 0 saturated carbocycles. The van der Waals surface area contributed by atoms with Gasteiger partial charge in [0, 0.05) is 95.4 Å². The summed E-state index contributed by atoms with van der Waals surface area (Å²) in [5, 5.41) is 24.9. The normalized spacial score (nSPS) is 16.1. The van der Waals surface area contributed by atoms with Gasteiger partial charge in [-0.15, -0.1) is 114 Å². The van der Waals surface area contributed by atoms with Crippen molar-refractivity contribution in [3.63, 3.8) is 0 Å². The monoisotopic (exact) mass is 1770 g/mol. The minimum Gasteiger partial charge on any atom is -0.289 e. The molecule has 4 aliphatic rings. The molecule has 0 amide bonds. The van der Waals surface area contributed by atoms with Crippen molar-refractivity contribution in [3.05, 3.63) is 156 Å². The van der Waals surface area contributed by atoms with Crippen molar-refractivity contribution >= 4 is 253 Å². The van der Waals surface area contributed by atoms with Gasteiger partial charge in [-0.1, -0.05) is 255 Å². The van der Waals surface area contributed by atoms with Crippen LogP contribution in [-0.2, 0) is 10.8 Å². The van der Waals surface area contributed by atoms with E-state index in [1.165, 1.54) is 238 Å². The van der Waals surface area contributed by atoms with E-state index in [1.54, 1.807) is 46.9 Å². The lowest BCUT2D eigenvalue weighted by atomic mass is 9.71. The van der Waals surface area contributed by atoms with Crippen LogP contribution >= 0.6 is 161 Å². The molecule has 3 aromatic carbocycles. The van der Waals surface area contributed by atoms with Crippen LogP contribution in [0.4, 0.5) is 0 Å². The van der Waals surface area contributed by atoms with Crippen molar-refractivity contribution in [1.82, 2.24) is 0 Å². The molecule has 0 unspecified atom stereocenters. The Morgan fingerprint density at radius 1 is 0.386 bits per heavy atom. The first-order chi connectivity index (χ1) is 55.6. The maximum absolute atomic E-state index is 14.7. The molecule has 20 heteroatoms. The molecule has 6 nitrogen and oxygen atoms in total. The molecule has 590 valence electrons. The van der Waals surface area contributed by atoms with Crippen LogP contribution in [0.15, 0.2) is 68.7 Å². The maximum atomic E-state index is 14.7. The fourth-order valence-electron chi connectivity index (χ4n) is 18.4. The number of nitrogens with zero attached hydrogens (tertiary/aromatic N) is 4. The second kappa shape index (κ2) is 36.9. The summed E-state index contributed by atoms with van der Waals surface area (Å²) in [5.41, 5.74) is 8.04. The molecule has 4 aliphatic carbocycles. The highest BCUT2D eigenvalue weighted by Crippen LogP contribution is 2.69. The average molecular weight is 1770 g/mol. The first-order valence-electron chi connectivity index (χ1n) is 41.5. The summed E-state index contributed by atoms with van der Waals surface area (Å²) in [5.74, 6) is 1.62. The number of hydrogen-bond acceptors (Lipinski definition) is 14. The number of benzene rings is 3. The molecule has 0 bridgehead atoms. The maximum Gasteiger partial charge on any atom is 0.270 e. The third kappa shape index (κ3) is 15.2. The first kappa shape index (κ1) is 84.0. The summed E-state index contributed by atoms with van der Waals surface area (Å²) in [6, 6.07) is 15.5. The zero-order valence-corrected chi connectivity index (χ0v) is 77.0. The molecule has 114 heavy (non-hydrogen) atoms. The molecule has 15 rings (SSSR count). The van der Waals surface area contributed by atoms with E-state index in [-0.39, 0.29) is 53.9 Å². The molecular formula is C94H94Cl4N4O2S10. The van der Waals surface area contributed by atoms with Crippen LogP contribution in [0, 0.1) is 35.8 Å². The smallest absolute Gasteiger partial charge is 0.270 e. The van der Waals surface area contributed by atoms with E-state index in [4.69, 9.17) is 59.5 Å². The number of ketones is 2. The summed E-state index contributed by atoms with van der Waals surface area (Å²) in [4.78, 5) is 47.0. The number of thiophene rings is 8. The van der Waals surface area contributed by atoms with Crippen molar-refractivity contribution in [2.45, 2.75) is 268 Å². The number of nitriles is 2. The molecule has 0 N–H and O–H groups in total. The molecule has 0 radical (unpaired) electrons. The molecule has 8 heterocycles. The number of Topliss-reactive ketones (excluding diaryl/α,β-unsaturated/α-hetero) is 2. The number of allylic oxidation sites excluding steroid dienone is 6. The Labute approximate surface area is 732 Å². The van der Waals surface area contributed by atoms with Gasteiger partial charge in [0.2, 0.25) is 0 Å². The van der Waals surface area contributed by atoms with E-state index in [0.29, 0.717) is 44.5 Å². The number of hydrogen-bond donors (Lipinski definition) is 0. The van der Waals surface area contributed by atoms with E-state index in [2.05, 4.69) is 144 Å². The SMILES string of the molecule is [C-]#[N+]/C(C#N)=C1\C(=C\c2cc3c(s2)-c2sc4c(sc5c4sc4c(SCCCCCCCC)c6c(sc7c8sc9c(c8sc76)C(CCCCCC)(CCCCCC)c6cc(/C=C7\C(=O)c8cc(Cl)c(Cl)cc8\C7=C(\C#N)[N+]#[C-])sc6-9)c(SCCCCCCCC)c45)c2C3(CCCCCC)CCCCCC)C(=O)c2cc(Cl)c(Cl)cc21. The van der Waals surface area contributed by atoms with Gasteiger partial charge >= 0.3 is 0 Å². The lowest BCUT2D eigenvalue weighted by Gasteiger charge is -2.32. The van der Waals surface area contributed by atoms with Crippen LogP contribution < -0.4 is 0 Å². The Morgan fingerprint density at radius 3 is 1.03 bits per heavy atom. The van der Waals surface area contributed by atoms with Crippen molar-refractivity contribution in [2.75, 3.05) is 11.5 Å². The molecule has 0 aliphatic heterocycles. The number of thioether (sulfide) groups is 2. The Hall–Kier alpha value is -5.06. The predicted molar refractivity (Wildman–Crippen MR) is 506 cm³/mol. The Kier molecular flexibility index (Phi) is 27.2. The number of unbranched alkanes of at least 4 members (excludes halogenated alkanes) is 22. The van der Waals surface area contributed by atoms with Crippen molar-refractivity contribution < 1.29 is 9.59 Å². The van der Waals surface area contributed by atoms with Gasteiger partial charge in [-0.25, -0.2) is 20.2 Å². The van der Waals surface area contributed by atoms with Crippen LogP contribution in [0.5, 0.6) is 0 Å². The predicted octanol–water partition coefficient (Wildman–Crippen LogP) is 35.9. The summed E-state index contributed by atoms with van der Waals surface area (Å²) < 4.78 is 14.4. The Balaban J connectivity index is 0.947. The number of halogens is 4. The van der Waals surface area contributed by atoms with E-state index in [1.807, 2.05) is 34.8 Å². The van der Waals surface area contributed by atoms with Gasteiger partial charge < -0.3 is 0 Å². The van der Waals surface area contributed by atoms with Gasteiger partial charge in [-0.05, 0) is 121 Å². The van der Waals surface area contributed by atoms with Gasteiger partial charge in [-0.3, -0.25) is 9.59 Å². The van der Waals surface area contributed by atoms with E-state index in [0.717, 1.165) is 98.3 Å². The fraction of sp³-hybridized carbons (Fsp3) is 0.447. The highest BCUT2D eigenvalue weighted by atomic mass is 35.5. The summed E-state index contributed by atoms with van der Waals surface area (Å²) in [7, 11) is 0. The zero-order valence-electron chi connectivity index (χ0n) is 65.9. The minimum atomic E-state index is -0.253. The van der Waals surface area contributed by atoms with Crippen LogP contribution in [0.3, 0.4) is 0 Å². The zero-order chi connectivity index (χ0) is 79.7. The number of fused-ring (bicyclic) bond motifs is 20. The lowest BCUT2D eigenvalue weighted by molar-refractivity contribution is 0.103. The standard InChI is InChI=1S/C94H94Cl4N4O2S10/c1-9-15-21-27-29-35-41-105-79-71-82(112-89-83(71)109-87-73-85(113-91(87)89)77-61(93(73,37-31-23-17-11-3)38-32-24-18-12-4)45-53(107-77)43-59-69(67(51-99)101-7)55-47-63(95)65(97)49-57(55)75(59)103)80(106-42-36-30-28-22-16-10-2)72-81(79)111-90-84(72)110-88-74-86(114-92(88)90)78-62(94(74,39-33-25-19-13-5)40-34-26-20-14-6)46-54(108-78)44-60-70(68(52-100)102-8)56-48-64(96)66(98)50-58(56)76(60)104/h43-50H,9-42H2,1-6H3/b59-43-,60-44-,69-67-,70-68+. The topological polar surface area (TPSA) is 90.4 Å². The highest BCUT2D eigenvalue weighted by Gasteiger charge is 2.50. The van der Waals surface area contributed by atoms with E-state index in [9.17, 15) is 20.1 Å². The summed E-state index contributed by atoms with van der Waals surface area (Å²) in [6.45, 7) is 30.1. The van der Waals surface area contributed by atoms with Crippen LogP contribution in [0.2, 0.25) is 20.1 Å². The Bertz CT molecular complexity index is 5520. The van der Waals surface area contributed by atoms with Crippen LogP contribution in [0.25, 0.3) is 110 Å². The average Bonchev–Trinajstić information content (AvgIpc) is 1.51. The number of carbonyl (C=O) groups is 2. The van der Waals surface area contributed by atoms with E-state index >= 15 is 0 Å². The second-order valence-corrected chi connectivity index (χ2v) is 43.6. The van der Waals surface area contributed by atoms with E-state index < -0.39 is 0 Å². The third-order valence-electron chi connectivity index (χ3n) is 24.0. The molecule has 8 aromatic heterocycles. The molecule has 0 atom stereocenters. The van der Waals surface area contributed by atoms with Crippen molar-refractivity contribution in [1.29, 1.82) is 10.5 Å². The van der Waals surface area contributed by atoms with Gasteiger partial charge in [0.05, 0.1) is 102 Å². The molecule has 0 spiro atoms. The largest absolute Gasteiger partial charge is 0.289 e. The summed E-state index contributed by atoms with van der Waals surface area (Å²) >= 11 is 46.7. The number of rotatable bonds is 38. The molecule has 0 saturated heterocycles.